The molecule has 0 spiro atoms. The monoisotopic (exact) mass is 385 g/mol. The van der Waals surface area contributed by atoms with Crippen molar-refractivity contribution >= 4 is 39.2 Å². The first-order chi connectivity index (χ1) is 12.6. The van der Waals surface area contributed by atoms with Gasteiger partial charge in [0.2, 0.25) is 5.91 Å². The third kappa shape index (κ3) is 4.05. The SMILES string of the molecule is C=CCn1c(SCC(=O)N[C@H](C)c2ccccc2)nc2ccsc2c1=O. The number of fused-ring (bicyclic) bond motifs is 1. The maximum atomic E-state index is 12.6. The fourth-order valence-corrected chi connectivity index (χ4v) is 4.16. The second kappa shape index (κ2) is 8.33. The number of thioether (sulfide) groups is 1. The lowest BCUT2D eigenvalue weighted by molar-refractivity contribution is -0.119. The minimum atomic E-state index is -0.101. The van der Waals surface area contributed by atoms with Crippen LogP contribution in [-0.2, 0) is 11.3 Å². The first-order valence-corrected chi connectivity index (χ1v) is 10.0. The molecule has 0 fully saturated rings. The predicted octanol–water partition coefficient (Wildman–Crippen LogP) is 3.61. The number of carbonyl (C=O) groups is 1. The van der Waals surface area contributed by atoms with E-state index in [-0.39, 0.29) is 23.3 Å². The van der Waals surface area contributed by atoms with E-state index in [0.717, 1.165) is 5.56 Å². The molecule has 0 aliphatic heterocycles. The molecular formula is C19H19N3O2S2. The van der Waals surface area contributed by atoms with Crippen molar-refractivity contribution in [1.29, 1.82) is 0 Å². The lowest BCUT2D eigenvalue weighted by atomic mass is 10.1. The summed E-state index contributed by atoms with van der Waals surface area (Å²) in [6.07, 6.45) is 1.66. The molecule has 0 saturated heterocycles. The van der Waals surface area contributed by atoms with Crippen LogP contribution in [0.3, 0.4) is 0 Å². The molecule has 1 aromatic carbocycles. The number of nitrogens with one attached hydrogen (secondary N) is 1. The Hall–Kier alpha value is -2.38. The molecule has 1 N–H and O–H groups in total. The summed E-state index contributed by atoms with van der Waals surface area (Å²) >= 11 is 2.64. The third-order valence-electron chi connectivity index (χ3n) is 3.85. The normalized spacial score (nSPS) is 12.0. The van der Waals surface area contributed by atoms with E-state index in [1.54, 1.807) is 10.6 Å². The summed E-state index contributed by atoms with van der Waals surface area (Å²) in [6.45, 7) is 6.01. The van der Waals surface area contributed by atoms with E-state index in [2.05, 4.69) is 16.9 Å². The average molecular weight is 386 g/mol. The van der Waals surface area contributed by atoms with Crippen molar-refractivity contribution < 1.29 is 4.79 Å². The smallest absolute Gasteiger partial charge is 0.272 e. The van der Waals surface area contributed by atoms with Crippen LogP contribution in [0.5, 0.6) is 0 Å². The van der Waals surface area contributed by atoms with E-state index >= 15 is 0 Å². The lowest BCUT2D eigenvalue weighted by Gasteiger charge is -2.14. The van der Waals surface area contributed by atoms with E-state index in [4.69, 9.17) is 0 Å². The Morgan fingerprint density at radius 1 is 1.38 bits per heavy atom. The Labute approximate surface area is 159 Å². The molecule has 7 heteroatoms. The van der Waals surface area contributed by atoms with Gasteiger partial charge in [-0.3, -0.25) is 14.2 Å². The standard InChI is InChI=1S/C19H19N3O2S2/c1-3-10-22-18(24)17-15(9-11-25-17)21-19(22)26-12-16(23)20-13(2)14-7-5-4-6-8-14/h3-9,11,13H,1,10,12H2,2H3,(H,20,23)/t13-/m1/s1. The van der Waals surface area contributed by atoms with Crippen molar-refractivity contribution in [1.82, 2.24) is 14.9 Å². The molecule has 0 aliphatic carbocycles. The second-order valence-corrected chi connectivity index (χ2v) is 7.58. The van der Waals surface area contributed by atoms with Gasteiger partial charge >= 0.3 is 0 Å². The molecule has 2 aromatic heterocycles. The predicted molar refractivity (Wildman–Crippen MR) is 108 cm³/mol. The molecule has 1 amide bonds. The molecular weight excluding hydrogens is 366 g/mol. The zero-order valence-electron chi connectivity index (χ0n) is 14.3. The summed E-state index contributed by atoms with van der Waals surface area (Å²) in [5, 5.41) is 5.35. The second-order valence-electron chi connectivity index (χ2n) is 5.72. The summed E-state index contributed by atoms with van der Waals surface area (Å²) in [5.74, 6) is 0.0901. The number of hydrogen-bond donors (Lipinski definition) is 1. The number of hydrogen-bond acceptors (Lipinski definition) is 5. The number of amides is 1. The molecule has 26 heavy (non-hydrogen) atoms. The molecule has 5 nitrogen and oxygen atoms in total. The molecule has 2 heterocycles. The van der Waals surface area contributed by atoms with E-state index in [1.165, 1.54) is 23.1 Å². The van der Waals surface area contributed by atoms with Crippen LogP contribution in [0.15, 0.2) is 64.4 Å². The number of aromatic nitrogens is 2. The molecule has 3 rings (SSSR count). The Kier molecular flexibility index (Phi) is 5.90. The minimum Gasteiger partial charge on any atom is -0.349 e. The Morgan fingerprint density at radius 2 is 2.15 bits per heavy atom. The number of carbonyl (C=O) groups excluding carboxylic acids is 1. The van der Waals surface area contributed by atoms with Crippen molar-refractivity contribution in [2.75, 3.05) is 5.75 Å². The van der Waals surface area contributed by atoms with Gasteiger partial charge in [0.1, 0.15) is 4.70 Å². The zero-order chi connectivity index (χ0) is 18.5. The maximum Gasteiger partial charge on any atom is 0.272 e. The van der Waals surface area contributed by atoms with Gasteiger partial charge in [-0.25, -0.2) is 4.98 Å². The van der Waals surface area contributed by atoms with Crippen molar-refractivity contribution in [2.45, 2.75) is 24.7 Å². The van der Waals surface area contributed by atoms with Crippen molar-refractivity contribution in [2.24, 2.45) is 0 Å². The summed E-state index contributed by atoms with van der Waals surface area (Å²) in [6, 6.07) is 11.5. The van der Waals surface area contributed by atoms with E-state index < -0.39 is 0 Å². The molecule has 0 saturated carbocycles. The van der Waals surface area contributed by atoms with Crippen LogP contribution in [0, 0.1) is 0 Å². The van der Waals surface area contributed by atoms with Crippen molar-refractivity contribution in [3.8, 4) is 0 Å². The van der Waals surface area contributed by atoms with E-state index in [0.29, 0.717) is 21.9 Å². The average Bonchev–Trinajstić information content (AvgIpc) is 3.12. The summed E-state index contributed by atoms with van der Waals surface area (Å²) < 4.78 is 2.18. The highest BCUT2D eigenvalue weighted by molar-refractivity contribution is 7.99. The van der Waals surface area contributed by atoms with Crippen LogP contribution < -0.4 is 10.9 Å². The van der Waals surface area contributed by atoms with Gasteiger partial charge in [-0.15, -0.1) is 17.9 Å². The minimum absolute atomic E-state index is 0.0769. The van der Waals surface area contributed by atoms with Gasteiger partial charge < -0.3 is 5.32 Å². The highest BCUT2D eigenvalue weighted by atomic mass is 32.2. The van der Waals surface area contributed by atoms with Gasteiger partial charge in [0.15, 0.2) is 5.16 Å². The first kappa shape index (κ1) is 18.4. The molecule has 134 valence electrons. The molecule has 0 radical (unpaired) electrons. The van der Waals surface area contributed by atoms with Crippen LogP contribution in [-0.4, -0.2) is 21.2 Å². The molecule has 3 aromatic rings. The number of rotatable bonds is 7. The van der Waals surface area contributed by atoms with Crippen molar-refractivity contribution in [3.05, 3.63) is 70.4 Å². The lowest BCUT2D eigenvalue weighted by Crippen LogP contribution is -2.29. The van der Waals surface area contributed by atoms with Crippen LogP contribution in [0.2, 0.25) is 0 Å². The Morgan fingerprint density at radius 3 is 2.88 bits per heavy atom. The number of allylic oxidation sites excluding steroid dienone is 1. The molecule has 0 aliphatic rings. The highest BCUT2D eigenvalue weighted by Crippen LogP contribution is 2.21. The number of benzene rings is 1. The van der Waals surface area contributed by atoms with Gasteiger partial charge in [0, 0.05) is 6.54 Å². The first-order valence-electron chi connectivity index (χ1n) is 8.16. The fraction of sp³-hybridized carbons (Fsp3) is 0.211. The van der Waals surface area contributed by atoms with E-state index in [9.17, 15) is 9.59 Å². The Balaban J connectivity index is 1.72. The largest absolute Gasteiger partial charge is 0.349 e. The van der Waals surface area contributed by atoms with Gasteiger partial charge in [0.25, 0.3) is 5.56 Å². The summed E-state index contributed by atoms with van der Waals surface area (Å²) in [5.41, 5.74) is 1.62. The van der Waals surface area contributed by atoms with E-state index in [1.807, 2.05) is 48.7 Å². The molecule has 1 atom stereocenters. The van der Waals surface area contributed by atoms with Gasteiger partial charge in [-0.2, -0.15) is 0 Å². The summed E-state index contributed by atoms with van der Waals surface area (Å²) in [4.78, 5) is 29.4. The van der Waals surface area contributed by atoms with Crippen LogP contribution in [0.25, 0.3) is 10.2 Å². The van der Waals surface area contributed by atoms with Crippen LogP contribution in [0.4, 0.5) is 0 Å². The quantitative estimate of drug-likeness (QED) is 0.383. The molecule has 0 unspecified atom stereocenters. The van der Waals surface area contributed by atoms with Crippen molar-refractivity contribution in [3.63, 3.8) is 0 Å². The molecule has 0 bridgehead atoms. The third-order valence-corrected chi connectivity index (χ3v) is 5.72. The van der Waals surface area contributed by atoms with Gasteiger partial charge in [0.05, 0.1) is 17.3 Å². The fourth-order valence-electron chi connectivity index (χ4n) is 2.56. The Bertz CT molecular complexity index is 979. The number of thiophene rings is 1. The summed E-state index contributed by atoms with van der Waals surface area (Å²) in [7, 11) is 0. The van der Waals surface area contributed by atoms with Gasteiger partial charge in [-0.05, 0) is 23.9 Å². The van der Waals surface area contributed by atoms with Gasteiger partial charge in [-0.1, -0.05) is 48.2 Å². The highest BCUT2D eigenvalue weighted by Gasteiger charge is 2.14. The zero-order valence-corrected chi connectivity index (χ0v) is 16.0. The van der Waals surface area contributed by atoms with Crippen LogP contribution >= 0.6 is 23.1 Å². The topological polar surface area (TPSA) is 64.0 Å². The van der Waals surface area contributed by atoms with Crippen LogP contribution in [0.1, 0.15) is 18.5 Å². The maximum absolute atomic E-state index is 12.6. The number of nitrogens with zero attached hydrogens (tertiary/aromatic N) is 2.